The van der Waals surface area contributed by atoms with Gasteiger partial charge in [-0.1, -0.05) is 18.2 Å². The van der Waals surface area contributed by atoms with Crippen molar-refractivity contribution < 1.29 is 40.7 Å². The van der Waals surface area contributed by atoms with Gasteiger partial charge in [-0.15, -0.1) is 0 Å². The molecular weight excluding hydrogens is 758 g/mol. The molecule has 0 aliphatic carbocycles. The van der Waals surface area contributed by atoms with E-state index < -0.39 is 59.3 Å². The SMILES string of the molecule is CN1C2CCC1CC(N1CCN(C(=O)C(Cc3cc(C(F)(F)F)c(N)c(C(F)(F)F)c3)OC(=O)N3CCC(n4c(=O)[nH]c5c6ccccc6ncc54)CC3)CC1)C2. The van der Waals surface area contributed by atoms with Crippen LogP contribution in [0, 0.1) is 0 Å². The van der Waals surface area contributed by atoms with Crippen molar-refractivity contribution >= 4 is 39.6 Å². The quantitative estimate of drug-likeness (QED) is 0.189. The molecule has 0 saturated carbocycles. The van der Waals surface area contributed by atoms with Crippen molar-refractivity contribution in [3.05, 3.63) is 69.8 Å². The first-order valence-electron chi connectivity index (χ1n) is 19.3. The van der Waals surface area contributed by atoms with E-state index in [0.717, 1.165) is 31.1 Å². The predicted octanol–water partition coefficient (Wildman–Crippen LogP) is 5.65. The number of nitrogen functional groups attached to an aromatic ring is 1. The van der Waals surface area contributed by atoms with Crippen LogP contribution in [0.25, 0.3) is 21.9 Å². The van der Waals surface area contributed by atoms with Gasteiger partial charge in [0.05, 0.1) is 39.6 Å². The van der Waals surface area contributed by atoms with Gasteiger partial charge in [-0.25, -0.2) is 9.59 Å². The van der Waals surface area contributed by atoms with Crippen LogP contribution in [0.1, 0.15) is 61.3 Å². The fourth-order valence-electron chi connectivity index (χ4n) is 9.47. The van der Waals surface area contributed by atoms with Crippen molar-refractivity contribution in [3.63, 3.8) is 0 Å². The first-order valence-corrected chi connectivity index (χ1v) is 19.3. The monoisotopic (exact) mass is 802 g/mol. The largest absolute Gasteiger partial charge is 0.436 e. The first-order chi connectivity index (χ1) is 27.1. The molecule has 2 bridgehead atoms. The number of hydrogen-bond donors (Lipinski definition) is 2. The third-order valence-electron chi connectivity index (χ3n) is 12.6. The Morgan fingerprint density at radius 2 is 1.47 bits per heavy atom. The molecule has 4 aliphatic heterocycles. The van der Waals surface area contributed by atoms with Crippen molar-refractivity contribution in [3.8, 4) is 0 Å². The molecule has 2 aromatic heterocycles. The van der Waals surface area contributed by atoms with E-state index in [1.54, 1.807) is 10.8 Å². The molecule has 18 heteroatoms. The maximum absolute atomic E-state index is 14.1. The number of para-hydroxylation sites is 1. The molecule has 12 nitrogen and oxygen atoms in total. The average Bonchev–Trinajstić information content (AvgIpc) is 3.60. The van der Waals surface area contributed by atoms with E-state index >= 15 is 0 Å². The summed E-state index contributed by atoms with van der Waals surface area (Å²) in [5.41, 5.74) is 1.64. The summed E-state index contributed by atoms with van der Waals surface area (Å²) in [6.45, 7) is 1.80. The van der Waals surface area contributed by atoms with Crippen molar-refractivity contribution in [2.75, 3.05) is 52.0 Å². The Labute approximate surface area is 323 Å². The Balaban J connectivity index is 1.00. The topological polar surface area (TPSA) is 133 Å². The van der Waals surface area contributed by atoms with Crippen LogP contribution >= 0.6 is 0 Å². The van der Waals surface area contributed by atoms with E-state index in [2.05, 4.69) is 26.8 Å². The lowest BCUT2D eigenvalue weighted by molar-refractivity contribution is -0.143. The molecular formula is C39H44F6N8O4. The number of anilines is 1. The molecule has 6 heterocycles. The maximum atomic E-state index is 14.1. The fourth-order valence-corrected chi connectivity index (χ4v) is 9.47. The van der Waals surface area contributed by atoms with E-state index in [-0.39, 0.29) is 37.9 Å². The highest BCUT2D eigenvalue weighted by atomic mass is 19.4. The summed E-state index contributed by atoms with van der Waals surface area (Å²) in [4.78, 5) is 56.0. The Hall–Kier alpha value is -4.84. The number of fused-ring (bicyclic) bond motifs is 5. The molecule has 306 valence electrons. The minimum atomic E-state index is -5.22. The van der Waals surface area contributed by atoms with Crippen LogP contribution in [0.3, 0.4) is 0 Å². The molecule has 57 heavy (non-hydrogen) atoms. The van der Waals surface area contributed by atoms with Crippen molar-refractivity contribution in [1.82, 2.24) is 34.1 Å². The van der Waals surface area contributed by atoms with Gasteiger partial charge < -0.3 is 30.2 Å². The number of benzene rings is 2. The highest BCUT2D eigenvalue weighted by Gasteiger charge is 2.44. The molecule has 8 rings (SSSR count). The van der Waals surface area contributed by atoms with Crippen molar-refractivity contribution in [2.24, 2.45) is 0 Å². The number of halogens is 6. The van der Waals surface area contributed by atoms with Crippen LogP contribution in [0.5, 0.6) is 0 Å². The molecule has 3 unspecified atom stereocenters. The number of H-pyrrole nitrogens is 1. The number of alkyl halides is 6. The third kappa shape index (κ3) is 7.53. The molecule has 3 N–H and O–H groups in total. The summed E-state index contributed by atoms with van der Waals surface area (Å²) in [5, 5.41) is 0.781. The number of aromatic amines is 1. The van der Waals surface area contributed by atoms with E-state index in [4.69, 9.17) is 10.5 Å². The highest BCUT2D eigenvalue weighted by molar-refractivity contribution is 6.01. The normalized spacial score (nSPS) is 23.4. The number of imidazole rings is 1. The van der Waals surface area contributed by atoms with Crippen LogP contribution in [0.15, 0.2) is 47.4 Å². The number of nitrogens with one attached hydrogen (secondary N) is 1. The number of nitrogens with zero attached hydrogens (tertiary/aromatic N) is 6. The zero-order valence-electron chi connectivity index (χ0n) is 31.3. The first kappa shape index (κ1) is 39.0. The van der Waals surface area contributed by atoms with E-state index in [0.29, 0.717) is 72.7 Å². The number of carbonyl (C=O) groups is 2. The lowest BCUT2D eigenvalue weighted by atomic mass is 9.95. The van der Waals surface area contributed by atoms with E-state index in [9.17, 15) is 40.7 Å². The van der Waals surface area contributed by atoms with Gasteiger partial charge in [-0.2, -0.15) is 26.3 Å². The molecule has 0 spiro atoms. The van der Waals surface area contributed by atoms with Crippen LogP contribution in [0.4, 0.5) is 36.8 Å². The standard InChI is InChI=1S/C39H44F6N8O4/c1-49-24-6-7-25(49)20-26(19-24)50-12-14-51(15-13-50)35(54)32(18-22-16-28(38(40,41)42)33(46)29(17-22)39(43,44)45)57-37(56)52-10-8-23(9-11-52)53-31-21-47-30-5-3-2-4-27(30)34(31)48-36(53)55/h2-5,16-17,21,23-26,32H,6-15,18-20,46H2,1H3,(H,48,55). The van der Waals surface area contributed by atoms with E-state index in [1.165, 1.54) is 9.80 Å². The van der Waals surface area contributed by atoms with Gasteiger partial charge in [0.15, 0.2) is 6.10 Å². The van der Waals surface area contributed by atoms with Gasteiger partial charge in [-0.05, 0) is 69.3 Å². The van der Waals surface area contributed by atoms with Crippen molar-refractivity contribution in [1.29, 1.82) is 0 Å². The van der Waals surface area contributed by atoms with Crippen LogP contribution < -0.4 is 11.4 Å². The Morgan fingerprint density at radius 1 is 0.860 bits per heavy atom. The Kier molecular flexibility index (Phi) is 10.1. The summed E-state index contributed by atoms with van der Waals surface area (Å²) >= 11 is 0. The fraction of sp³-hybridized carbons (Fsp3) is 0.538. The van der Waals surface area contributed by atoms with Crippen LogP contribution in [-0.2, 0) is 28.3 Å². The summed E-state index contributed by atoms with van der Waals surface area (Å²) < 4.78 is 91.2. The second kappa shape index (κ2) is 14.8. The zero-order valence-corrected chi connectivity index (χ0v) is 31.3. The molecule has 4 fully saturated rings. The lowest BCUT2D eigenvalue weighted by Crippen LogP contribution is -2.57. The predicted molar refractivity (Wildman–Crippen MR) is 198 cm³/mol. The number of nitrogens with two attached hydrogens (primary N) is 1. The van der Waals surface area contributed by atoms with Crippen LogP contribution in [0.2, 0.25) is 0 Å². The van der Waals surface area contributed by atoms with Gasteiger partial charge in [0.2, 0.25) is 0 Å². The minimum Gasteiger partial charge on any atom is -0.436 e. The maximum Gasteiger partial charge on any atom is 0.418 e. The van der Waals surface area contributed by atoms with E-state index in [1.807, 2.05) is 24.3 Å². The molecule has 4 aromatic rings. The van der Waals surface area contributed by atoms with Gasteiger partial charge in [-0.3, -0.25) is 19.2 Å². The summed E-state index contributed by atoms with van der Waals surface area (Å²) in [5.74, 6) is -0.703. The zero-order chi connectivity index (χ0) is 40.4. The number of piperidine rings is 2. The molecule has 4 saturated heterocycles. The highest BCUT2D eigenvalue weighted by Crippen LogP contribution is 2.42. The number of hydrogen-bond acceptors (Lipinski definition) is 8. The average molecular weight is 803 g/mol. The molecule has 0 radical (unpaired) electrons. The van der Waals surface area contributed by atoms with Crippen molar-refractivity contribution in [2.45, 2.75) is 87.6 Å². The molecule has 4 aliphatic rings. The van der Waals surface area contributed by atoms with Gasteiger partial charge in [0.25, 0.3) is 5.91 Å². The Bertz CT molecular complexity index is 2170. The Morgan fingerprint density at radius 3 is 2.09 bits per heavy atom. The number of aromatic nitrogens is 3. The summed E-state index contributed by atoms with van der Waals surface area (Å²) in [7, 11) is 2.15. The number of carbonyl (C=O) groups excluding carboxylic acids is 2. The minimum absolute atomic E-state index is 0.111. The molecule has 2 amide bonds. The van der Waals surface area contributed by atoms with Crippen LogP contribution in [-0.4, -0.2) is 117 Å². The summed E-state index contributed by atoms with van der Waals surface area (Å²) in [6, 6.07) is 9.39. The second-order valence-corrected chi connectivity index (χ2v) is 15.8. The number of rotatable bonds is 6. The third-order valence-corrected chi connectivity index (χ3v) is 12.6. The van der Waals surface area contributed by atoms with Gasteiger partial charge >= 0.3 is 24.1 Å². The number of pyridine rings is 1. The second-order valence-electron chi connectivity index (χ2n) is 15.8. The summed E-state index contributed by atoms with van der Waals surface area (Å²) in [6.07, 6.45) is -7.24. The lowest BCUT2D eigenvalue weighted by Gasteiger charge is -2.45. The van der Waals surface area contributed by atoms with Gasteiger partial charge in [0.1, 0.15) is 0 Å². The number of ether oxygens (including phenoxy) is 1. The molecule has 2 aromatic carbocycles. The number of likely N-dealkylation sites (tertiary alicyclic amines) is 1. The smallest absolute Gasteiger partial charge is 0.418 e. The number of piperazine rings is 1. The molecule has 3 atom stereocenters. The van der Waals surface area contributed by atoms with Gasteiger partial charge in [0, 0.05) is 75.2 Å². The number of amides is 2.